The molecule has 1 unspecified atom stereocenters. The first-order valence-electron chi connectivity index (χ1n) is 23.4. The topological polar surface area (TPSA) is 78.9 Å². The van der Waals surface area contributed by atoms with Crippen molar-refractivity contribution in [2.24, 2.45) is 0 Å². The van der Waals surface area contributed by atoms with Crippen molar-refractivity contribution in [1.29, 1.82) is 0 Å². The Morgan fingerprint density at radius 1 is 0.339 bits per heavy atom. The molecule has 0 aliphatic heterocycles. The fraction of sp³-hybridized carbons (Fsp3) is 0.604. The standard InChI is InChI=1S/C53H84O6/c1-4-7-10-13-16-19-21-23-25-27-29-31-34-37-40-43-46-52(55)58-49-50(48-57-51(54)45-42-39-36-33-18-15-12-9-6-3)59-53(56)47-44-41-38-35-32-30-28-26-24-22-20-17-14-11-8-5-2/h7-12,16-20,23-26,29,31,33,50H,4-6,13-15,21-22,27-28,30,32,34-49H2,1-3H3/b10-7-,11-8-,12-9-,19-16-,20-17-,25-23-,26-24-,31-29-,33-18-. The van der Waals surface area contributed by atoms with Crippen molar-refractivity contribution in [2.75, 3.05) is 13.2 Å². The van der Waals surface area contributed by atoms with Gasteiger partial charge in [0.25, 0.3) is 0 Å². The van der Waals surface area contributed by atoms with Gasteiger partial charge in [-0.05, 0) is 116 Å². The highest BCUT2D eigenvalue weighted by Gasteiger charge is 2.19. The van der Waals surface area contributed by atoms with Gasteiger partial charge >= 0.3 is 17.9 Å². The number of ether oxygens (including phenoxy) is 3. The van der Waals surface area contributed by atoms with E-state index in [2.05, 4.69) is 130 Å². The van der Waals surface area contributed by atoms with Crippen LogP contribution < -0.4 is 0 Å². The van der Waals surface area contributed by atoms with Crippen LogP contribution in [0.4, 0.5) is 0 Å². The molecule has 0 aliphatic carbocycles. The third kappa shape index (κ3) is 45.0. The third-order valence-corrected chi connectivity index (χ3v) is 9.25. The van der Waals surface area contributed by atoms with Gasteiger partial charge in [-0.25, -0.2) is 0 Å². The summed E-state index contributed by atoms with van der Waals surface area (Å²) in [7, 11) is 0. The lowest BCUT2D eigenvalue weighted by Gasteiger charge is -2.18. The van der Waals surface area contributed by atoms with Crippen LogP contribution in [-0.4, -0.2) is 37.2 Å². The molecular formula is C53H84O6. The summed E-state index contributed by atoms with van der Waals surface area (Å²) in [5.74, 6) is -1.00. The van der Waals surface area contributed by atoms with Crippen molar-refractivity contribution < 1.29 is 28.6 Å². The van der Waals surface area contributed by atoms with Crippen LogP contribution in [0.15, 0.2) is 109 Å². The van der Waals surface area contributed by atoms with Gasteiger partial charge in [0.15, 0.2) is 6.10 Å². The van der Waals surface area contributed by atoms with Gasteiger partial charge in [-0.2, -0.15) is 0 Å². The Morgan fingerprint density at radius 3 is 1.00 bits per heavy atom. The zero-order chi connectivity index (χ0) is 43.0. The zero-order valence-electron chi connectivity index (χ0n) is 37.7. The molecule has 0 saturated carbocycles. The van der Waals surface area contributed by atoms with E-state index in [1.54, 1.807) is 0 Å². The van der Waals surface area contributed by atoms with Crippen molar-refractivity contribution >= 4 is 17.9 Å². The number of unbranched alkanes of at least 4 members (excludes halogenated alkanes) is 11. The largest absolute Gasteiger partial charge is 0.462 e. The van der Waals surface area contributed by atoms with Crippen LogP contribution in [0.2, 0.25) is 0 Å². The second-order valence-corrected chi connectivity index (χ2v) is 14.9. The predicted octanol–water partition coefficient (Wildman–Crippen LogP) is 15.2. The molecule has 0 bridgehead atoms. The minimum absolute atomic E-state index is 0.113. The van der Waals surface area contributed by atoms with E-state index in [1.165, 1.54) is 12.8 Å². The maximum Gasteiger partial charge on any atom is 0.306 e. The highest BCUT2D eigenvalue weighted by molar-refractivity contribution is 5.71. The lowest BCUT2D eigenvalue weighted by atomic mass is 10.1. The normalized spacial score (nSPS) is 13.1. The molecule has 0 aromatic heterocycles. The lowest BCUT2D eigenvalue weighted by Crippen LogP contribution is -2.30. The van der Waals surface area contributed by atoms with E-state index in [0.717, 1.165) is 135 Å². The van der Waals surface area contributed by atoms with E-state index in [1.807, 2.05) is 0 Å². The van der Waals surface area contributed by atoms with Crippen molar-refractivity contribution in [3.8, 4) is 0 Å². The van der Waals surface area contributed by atoms with Gasteiger partial charge in [0.1, 0.15) is 13.2 Å². The van der Waals surface area contributed by atoms with E-state index in [-0.39, 0.29) is 31.1 Å². The summed E-state index contributed by atoms with van der Waals surface area (Å²) in [4.78, 5) is 37.8. The summed E-state index contributed by atoms with van der Waals surface area (Å²) in [6.07, 6.45) is 62.3. The van der Waals surface area contributed by atoms with Crippen LogP contribution in [0.5, 0.6) is 0 Å². The SMILES string of the molecule is CC/C=C\C/C=C\C/C=C\C/C=C\CCCCCC(=O)OCC(COC(=O)CCCC/C=C\C/C=C\CC)OC(=O)CCCCCCCC/C=C\C/C=C\C/C=C\CC. The van der Waals surface area contributed by atoms with Gasteiger partial charge in [-0.3, -0.25) is 14.4 Å². The Bertz CT molecular complexity index is 1260. The molecule has 0 saturated heterocycles. The first-order chi connectivity index (χ1) is 29.0. The minimum atomic E-state index is -0.811. The summed E-state index contributed by atoms with van der Waals surface area (Å²) < 4.78 is 16.6. The summed E-state index contributed by atoms with van der Waals surface area (Å²) in [5.41, 5.74) is 0. The molecule has 0 aromatic carbocycles. The number of hydrogen-bond donors (Lipinski definition) is 0. The average Bonchev–Trinajstić information content (AvgIpc) is 3.23. The van der Waals surface area contributed by atoms with Crippen molar-refractivity contribution in [3.05, 3.63) is 109 Å². The number of carbonyl (C=O) groups excluding carboxylic acids is 3. The van der Waals surface area contributed by atoms with Crippen LogP contribution in [0.1, 0.15) is 188 Å². The smallest absolute Gasteiger partial charge is 0.306 e. The molecule has 0 fully saturated rings. The summed E-state index contributed by atoms with van der Waals surface area (Å²) in [6, 6.07) is 0. The Balaban J connectivity index is 4.47. The van der Waals surface area contributed by atoms with Crippen molar-refractivity contribution in [2.45, 2.75) is 194 Å². The molecule has 0 radical (unpaired) electrons. The van der Waals surface area contributed by atoms with E-state index in [0.29, 0.717) is 19.3 Å². The third-order valence-electron chi connectivity index (χ3n) is 9.25. The average molecular weight is 817 g/mol. The molecule has 0 rings (SSSR count). The van der Waals surface area contributed by atoms with Gasteiger partial charge in [-0.15, -0.1) is 0 Å². The quantitative estimate of drug-likeness (QED) is 0.0265. The maximum atomic E-state index is 12.7. The molecule has 1 atom stereocenters. The fourth-order valence-corrected chi connectivity index (χ4v) is 5.84. The molecule has 332 valence electrons. The van der Waals surface area contributed by atoms with Crippen LogP contribution in [0, 0.1) is 0 Å². The van der Waals surface area contributed by atoms with E-state index < -0.39 is 6.10 Å². The number of carbonyl (C=O) groups is 3. The second-order valence-electron chi connectivity index (χ2n) is 14.9. The molecule has 0 aliphatic rings. The Labute approximate surface area is 361 Å². The van der Waals surface area contributed by atoms with Gasteiger partial charge < -0.3 is 14.2 Å². The van der Waals surface area contributed by atoms with Gasteiger partial charge in [0.05, 0.1) is 0 Å². The molecule has 0 heterocycles. The molecule has 0 N–H and O–H groups in total. The number of hydrogen-bond acceptors (Lipinski definition) is 6. The zero-order valence-corrected chi connectivity index (χ0v) is 37.7. The fourth-order valence-electron chi connectivity index (χ4n) is 5.84. The Kier molecular flexibility index (Phi) is 43.6. The van der Waals surface area contributed by atoms with Gasteiger partial charge in [0, 0.05) is 19.3 Å². The number of esters is 3. The summed E-state index contributed by atoms with van der Waals surface area (Å²) >= 11 is 0. The van der Waals surface area contributed by atoms with E-state index >= 15 is 0 Å². The van der Waals surface area contributed by atoms with Crippen molar-refractivity contribution in [1.82, 2.24) is 0 Å². The van der Waals surface area contributed by atoms with E-state index in [9.17, 15) is 14.4 Å². The highest BCUT2D eigenvalue weighted by Crippen LogP contribution is 2.12. The van der Waals surface area contributed by atoms with Gasteiger partial charge in [-0.1, -0.05) is 162 Å². The molecule has 6 nitrogen and oxygen atoms in total. The summed E-state index contributed by atoms with van der Waals surface area (Å²) in [6.45, 7) is 6.19. The van der Waals surface area contributed by atoms with Crippen LogP contribution in [0.3, 0.4) is 0 Å². The molecule has 0 amide bonds. The minimum Gasteiger partial charge on any atom is -0.462 e. The van der Waals surface area contributed by atoms with Crippen LogP contribution >= 0.6 is 0 Å². The first kappa shape index (κ1) is 55.1. The van der Waals surface area contributed by atoms with Crippen molar-refractivity contribution in [3.63, 3.8) is 0 Å². The number of rotatable bonds is 40. The van der Waals surface area contributed by atoms with E-state index in [4.69, 9.17) is 14.2 Å². The molecule has 59 heavy (non-hydrogen) atoms. The van der Waals surface area contributed by atoms with Crippen LogP contribution in [-0.2, 0) is 28.6 Å². The Hall–Kier alpha value is -3.93. The molecule has 0 spiro atoms. The highest BCUT2D eigenvalue weighted by atomic mass is 16.6. The summed E-state index contributed by atoms with van der Waals surface area (Å²) in [5, 5.41) is 0. The van der Waals surface area contributed by atoms with Crippen LogP contribution in [0.25, 0.3) is 0 Å². The predicted molar refractivity (Wildman–Crippen MR) is 251 cm³/mol. The number of allylic oxidation sites excluding steroid dienone is 18. The molecular weight excluding hydrogens is 733 g/mol. The lowest BCUT2D eigenvalue weighted by molar-refractivity contribution is -0.167. The van der Waals surface area contributed by atoms with Gasteiger partial charge in [0.2, 0.25) is 0 Å². The molecule has 0 aromatic rings. The maximum absolute atomic E-state index is 12.7. The Morgan fingerprint density at radius 2 is 0.610 bits per heavy atom. The monoisotopic (exact) mass is 817 g/mol. The second kappa shape index (κ2) is 46.8. The first-order valence-corrected chi connectivity index (χ1v) is 23.4. The molecule has 6 heteroatoms.